The number of halogens is 2. The summed E-state index contributed by atoms with van der Waals surface area (Å²) in [5.41, 5.74) is 1.85. The molecule has 0 aromatic heterocycles. The average molecular weight is 292 g/mol. The van der Waals surface area contributed by atoms with Gasteiger partial charge >= 0.3 is 0 Å². The third kappa shape index (κ3) is 4.02. The van der Waals surface area contributed by atoms with Gasteiger partial charge in [0.05, 0.1) is 0 Å². The maximum atomic E-state index is 13.4. The lowest BCUT2D eigenvalue weighted by atomic mass is 10.0. The number of ether oxygens (including phenoxy) is 1. The fourth-order valence-corrected chi connectivity index (χ4v) is 2.07. The lowest BCUT2D eigenvalue weighted by Gasteiger charge is -2.14. The minimum atomic E-state index is -0.931. The van der Waals surface area contributed by atoms with Crippen molar-refractivity contribution in [3.63, 3.8) is 0 Å². The summed E-state index contributed by atoms with van der Waals surface area (Å²) in [7, 11) is 0. The first-order valence-corrected chi connectivity index (χ1v) is 6.95. The fourth-order valence-electron chi connectivity index (χ4n) is 2.07. The Kier molecular flexibility index (Phi) is 5.28. The van der Waals surface area contributed by atoms with Crippen molar-refractivity contribution in [2.75, 3.05) is 6.61 Å². The van der Waals surface area contributed by atoms with E-state index in [4.69, 9.17) is 4.74 Å². The second-order valence-electron chi connectivity index (χ2n) is 4.87. The van der Waals surface area contributed by atoms with Crippen molar-refractivity contribution in [1.82, 2.24) is 0 Å². The first-order chi connectivity index (χ1) is 10.1. The zero-order valence-corrected chi connectivity index (χ0v) is 11.9. The number of aliphatic hydroxyl groups excluding tert-OH is 1. The summed E-state index contributed by atoms with van der Waals surface area (Å²) in [6.07, 6.45) is 1.10. The van der Waals surface area contributed by atoms with E-state index in [0.717, 1.165) is 25.0 Å². The highest BCUT2D eigenvalue weighted by atomic mass is 19.1. The van der Waals surface area contributed by atoms with E-state index in [1.165, 1.54) is 11.6 Å². The minimum absolute atomic E-state index is 0.203. The van der Waals surface area contributed by atoms with Crippen molar-refractivity contribution in [3.05, 3.63) is 65.2 Å². The van der Waals surface area contributed by atoms with Crippen LogP contribution in [0.4, 0.5) is 8.78 Å². The Balaban J connectivity index is 1.99. The van der Waals surface area contributed by atoms with Crippen LogP contribution in [0, 0.1) is 11.6 Å². The highest BCUT2D eigenvalue weighted by molar-refractivity contribution is 5.27. The molecule has 1 N–H and O–H groups in total. The monoisotopic (exact) mass is 292 g/mol. The SMILES string of the molecule is CCCc1ccc(C(O)COc2c(F)cccc2F)cc1. The van der Waals surface area contributed by atoms with Gasteiger partial charge in [-0.3, -0.25) is 0 Å². The van der Waals surface area contributed by atoms with Crippen molar-refractivity contribution < 1.29 is 18.6 Å². The molecule has 0 heterocycles. The molecule has 0 spiro atoms. The molecular formula is C17H18F2O2. The zero-order chi connectivity index (χ0) is 15.2. The highest BCUT2D eigenvalue weighted by Crippen LogP contribution is 2.23. The molecule has 2 aromatic rings. The summed E-state index contributed by atoms with van der Waals surface area (Å²) in [4.78, 5) is 0. The van der Waals surface area contributed by atoms with Crippen LogP contribution in [-0.2, 0) is 6.42 Å². The number of aliphatic hydroxyl groups is 1. The van der Waals surface area contributed by atoms with Gasteiger partial charge < -0.3 is 9.84 Å². The van der Waals surface area contributed by atoms with Crippen LogP contribution >= 0.6 is 0 Å². The summed E-state index contributed by atoms with van der Waals surface area (Å²) in [6, 6.07) is 11.0. The molecule has 2 rings (SSSR count). The Labute approximate surface area is 123 Å². The van der Waals surface area contributed by atoms with Crippen LogP contribution < -0.4 is 4.74 Å². The van der Waals surface area contributed by atoms with Crippen LogP contribution in [0.3, 0.4) is 0 Å². The molecule has 0 amide bonds. The van der Waals surface area contributed by atoms with Gasteiger partial charge in [0.15, 0.2) is 17.4 Å². The van der Waals surface area contributed by atoms with Crippen molar-refractivity contribution in [1.29, 1.82) is 0 Å². The van der Waals surface area contributed by atoms with Gasteiger partial charge in [0.1, 0.15) is 12.7 Å². The number of aryl methyl sites for hydroxylation is 1. The number of hydrogen-bond acceptors (Lipinski definition) is 2. The van der Waals surface area contributed by atoms with Crippen molar-refractivity contribution >= 4 is 0 Å². The predicted molar refractivity (Wildman–Crippen MR) is 77.2 cm³/mol. The summed E-state index contributed by atoms with van der Waals surface area (Å²) in [5.74, 6) is -2.01. The Hall–Kier alpha value is -1.94. The van der Waals surface area contributed by atoms with Gasteiger partial charge in [0.25, 0.3) is 0 Å². The van der Waals surface area contributed by atoms with Gasteiger partial charge in [-0.25, -0.2) is 8.78 Å². The molecule has 21 heavy (non-hydrogen) atoms. The molecular weight excluding hydrogens is 274 g/mol. The van der Waals surface area contributed by atoms with Gasteiger partial charge in [-0.05, 0) is 29.7 Å². The molecule has 1 unspecified atom stereocenters. The standard InChI is InChI=1S/C17H18F2O2/c1-2-4-12-7-9-13(10-8-12)16(20)11-21-17-14(18)5-3-6-15(17)19/h3,5-10,16,20H,2,4,11H2,1H3. The molecule has 2 nitrogen and oxygen atoms in total. The van der Waals surface area contributed by atoms with Gasteiger partial charge in [0, 0.05) is 0 Å². The maximum absolute atomic E-state index is 13.4. The fraction of sp³-hybridized carbons (Fsp3) is 0.294. The van der Waals surface area contributed by atoms with Crippen LogP contribution in [0.25, 0.3) is 0 Å². The van der Waals surface area contributed by atoms with E-state index >= 15 is 0 Å². The minimum Gasteiger partial charge on any atom is -0.484 e. The smallest absolute Gasteiger partial charge is 0.190 e. The van der Waals surface area contributed by atoms with Crippen LogP contribution in [0.5, 0.6) is 5.75 Å². The van der Waals surface area contributed by atoms with E-state index in [0.29, 0.717) is 5.56 Å². The summed E-state index contributed by atoms with van der Waals surface area (Å²) < 4.78 is 31.9. The Morgan fingerprint density at radius 2 is 1.67 bits per heavy atom. The van der Waals surface area contributed by atoms with E-state index in [2.05, 4.69) is 6.92 Å². The molecule has 0 fully saturated rings. The number of para-hydroxylation sites is 1. The van der Waals surface area contributed by atoms with E-state index in [1.807, 2.05) is 12.1 Å². The number of benzene rings is 2. The third-order valence-electron chi connectivity index (χ3n) is 3.21. The summed E-state index contributed by atoms with van der Waals surface area (Å²) in [6.45, 7) is 1.89. The van der Waals surface area contributed by atoms with Gasteiger partial charge in [0.2, 0.25) is 0 Å². The van der Waals surface area contributed by atoms with E-state index in [-0.39, 0.29) is 6.61 Å². The van der Waals surface area contributed by atoms with Crippen LogP contribution in [0.1, 0.15) is 30.6 Å². The molecule has 0 aliphatic rings. The molecule has 0 saturated heterocycles. The Morgan fingerprint density at radius 1 is 1.05 bits per heavy atom. The first-order valence-electron chi connectivity index (χ1n) is 6.95. The lowest BCUT2D eigenvalue weighted by Crippen LogP contribution is -2.11. The zero-order valence-electron chi connectivity index (χ0n) is 11.9. The molecule has 2 aromatic carbocycles. The third-order valence-corrected chi connectivity index (χ3v) is 3.21. The molecule has 0 aliphatic heterocycles. The summed E-state index contributed by atoms with van der Waals surface area (Å²) in [5, 5.41) is 10.0. The number of rotatable bonds is 6. The van der Waals surface area contributed by atoms with E-state index < -0.39 is 23.5 Å². The van der Waals surface area contributed by atoms with Gasteiger partial charge in [-0.2, -0.15) is 0 Å². The van der Waals surface area contributed by atoms with E-state index in [9.17, 15) is 13.9 Å². The topological polar surface area (TPSA) is 29.5 Å². The van der Waals surface area contributed by atoms with Crippen molar-refractivity contribution in [2.45, 2.75) is 25.9 Å². The molecule has 112 valence electrons. The van der Waals surface area contributed by atoms with Crippen LogP contribution in [0.15, 0.2) is 42.5 Å². The molecule has 0 aliphatic carbocycles. The first kappa shape index (κ1) is 15.4. The van der Waals surface area contributed by atoms with Crippen LogP contribution in [-0.4, -0.2) is 11.7 Å². The Morgan fingerprint density at radius 3 is 2.24 bits per heavy atom. The molecule has 0 saturated carbocycles. The second-order valence-corrected chi connectivity index (χ2v) is 4.87. The number of hydrogen-bond donors (Lipinski definition) is 1. The second kappa shape index (κ2) is 7.18. The molecule has 0 radical (unpaired) electrons. The summed E-state index contributed by atoms with van der Waals surface area (Å²) >= 11 is 0. The quantitative estimate of drug-likeness (QED) is 0.871. The van der Waals surface area contributed by atoms with E-state index in [1.54, 1.807) is 12.1 Å². The highest BCUT2D eigenvalue weighted by Gasteiger charge is 2.13. The van der Waals surface area contributed by atoms with Crippen molar-refractivity contribution in [3.8, 4) is 5.75 Å². The predicted octanol–water partition coefficient (Wildman–Crippen LogP) is 4.03. The lowest BCUT2D eigenvalue weighted by molar-refractivity contribution is 0.103. The van der Waals surface area contributed by atoms with Gasteiger partial charge in [-0.1, -0.05) is 43.7 Å². The molecule has 4 heteroatoms. The largest absolute Gasteiger partial charge is 0.484 e. The molecule has 1 atom stereocenters. The van der Waals surface area contributed by atoms with Crippen molar-refractivity contribution in [2.24, 2.45) is 0 Å². The Bertz CT molecular complexity index is 562. The average Bonchev–Trinajstić information content (AvgIpc) is 2.47. The normalized spacial score (nSPS) is 12.2. The van der Waals surface area contributed by atoms with Gasteiger partial charge in [-0.15, -0.1) is 0 Å². The molecule has 0 bridgehead atoms. The van der Waals surface area contributed by atoms with Crippen LogP contribution in [0.2, 0.25) is 0 Å². The maximum Gasteiger partial charge on any atom is 0.190 e.